The van der Waals surface area contributed by atoms with Crippen LogP contribution < -0.4 is 5.32 Å². The summed E-state index contributed by atoms with van der Waals surface area (Å²) in [7, 11) is 3.12. The number of nitrogens with zero attached hydrogens (tertiary/aromatic N) is 3. The number of hydrogen-bond donors (Lipinski definition) is 1. The first-order valence-electron chi connectivity index (χ1n) is 5.54. The van der Waals surface area contributed by atoms with Gasteiger partial charge in [-0.05, 0) is 18.0 Å². The number of rotatable bonds is 7. The number of likely N-dealkylation sites (N-methyl/N-ethyl adjacent to an activating group) is 1. The summed E-state index contributed by atoms with van der Waals surface area (Å²) in [4.78, 5) is 24.7. The summed E-state index contributed by atoms with van der Waals surface area (Å²) in [6, 6.07) is 0. The van der Waals surface area contributed by atoms with Crippen molar-refractivity contribution in [1.29, 1.82) is 0 Å². The molecule has 0 aliphatic heterocycles. The summed E-state index contributed by atoms with van der Waals surface area (Å²) in [6.07, 6.45) is 0.728. The minimum absolute atomic E-state index is 0.0387. The zero-order valence-electron chi connectivity index (χ0n) is 10.7. The van der Waals surface area contributed by atoms with Crippen LogP contribution in [0.3, 0.4) is 0 Å². The Morgan fingerprint density at radius 2 is 2.21 bits per heavy atom. The van der Waals surface area contributed by atoms with Gasteiger partial charge >= 0.3 is 0 Å². The van der Waals surface area contributed by atoms with Crippen LogP contribution in [0.15, 0.2) is 0 Å². The molecule has 106 valence electrons. The monoisotopic (exact) mass is 306 g/mol. The van der Waals surface area contributed by atoms with E-state index >= 15 is 0 Å². The highest BCUT2D eigenvalue weighted by molar-refractivity contribution is 7.17. The SMILES string of the molecule is COCCCNC(=O)CN(C)C(=O)c1nnc(Cl)s1. The molecule has 9 heteroatoms. The Morgan fingerprint density at radius 3 is 2.79 bits per heavy atom. The van der Waals surface area contributed by atoms with Crippen LogP contribution in [-0.2, 0) is 9.53 Å². The minimum Gasteiger partial charge on any atom is -0.385 e. The van der Waals surface area contributed by atoms with Crippen molar-refractivity contribution in [2.45, 2.75) is 6.42 Å². The number of ether oxygens (including phenoxy) is 1. The maximum Gasteiger partial charge on any atom is 0.285 e. The van der Waals surface area contributed by atoms with E-state index in [1.807, 2.05) is 0 Å². The molecule has 7 nitrogen and oxygen atoms in total. The average molecular weight is 307 g/mol. The van der Waals surface area contributed by atoms with E-state index in [4.69, 9.17) is 16.3 Å². The zero-order chi connectivity index (χ0) is 14.3. The highest BCUT2D eigenvalue weighted by Gasteiger charge is 2.18. The summed E-state index contributed by atoms with van der Waals surface area (Å²) in [5.41, 5.74) is 0. The third-order valence-electron chi connectivity index (χ3n) is 2.16. The second-order valence-electron chi connectivity index (χ2n) is 3.72. The summed E-state index contributed by atoms with van der Waals surface area (Å²) >= 11 is 6.58. The number of halogens is 1. The van der Waals surface area contributed by atoms with Crippen molar-refractivity contribution in [2.75, 3.05) is 33.9 Å². The lowest BCUT2D eigenvalue weighted by atomic mass is 10.4. The van der Waals surface area contributed by atoms with Crippen molar-refractivity contribution in [1.82, 2.24) is 20.4 Å². The second-order valence-corrected chi connectivity index (χ2v) is 5.28. The standard InChI is InChI=1S/C10H15ClN4O3S/c1-15(6-7(16)12-4-3-5-18-2)9(17)8-13-14-10(11)19-8/h3-6H2,1-2H3,(H,12,16). The molecule has 2 amide bonds. The van der Waals surface area contributed by atoms with Gasteiger partial charge in [0.25, 0.3) is 5.91 Å². The fourth-order valence-electron chi connectivity index (χ4n) is 1.24. The first kappa shape index (κ1) is 15.8. The number of hydrogen-bond acceptors (Lipinski definition) is 6. The maximum absolute atomic E-state index is 11.8. The number of amides is 2. The quantitative estimate of drug-likeness (QED) is 0.738. The van der Waals surface area contributed by atoms with Gasteiger partial charge in [-0.15, -0.1) is 10.2 Å². The van der Waals surface area contributed by atoms with Crippen LogP contribution >= 0.6 is 22.9 Å². The van der Waals surface area contributed by atoms with Crippen LogP contribution in [0, 0.1) is 0 Å². The predicted octanol–water partition coefficient (Wildman–Crippen LogP) is 0.416. The zero-order valence-corrected chi connectivity index (χ0v) is 12.3. The first-order valence-corrected chi connectivity index (χ1v) is 6.74. The smallest absolute Gasteiger partial charge is 0.285 e. The fraction of sp³-hybridized carbons (Fsp3) is 0.600. The van der Waals surface area contributed by atoms with Gasteiger partial charge in [-0.3, -0.25) is 9.59 Å². The van der Waals surface area contributed by atoms with Crippen molar-refractivity contribution in [3.63, 3.8) is 0 Å². The molecular weight excluding hydrogens is 292 g/mol. The van der Waals surface area contributed by atoms with Crippen molar-refractivity contribution < 1.29 is 14.3 Å². The Balaban J connectivity index is 2.35. The van der Waals surface area contributed by atoms with Crippen LogP contribution in [-0.4, -0.2) is 60.8 Å². The molecule has 0 aliphatic carbocycles. The molecule has 0 saturated carbocycles. The molecule has 0 bridgehead atoms. The third-order valence-corrected chi connectivity index (χ3v) is 3.16. The minimum atomic E-state index is -0.378. The van der Waals surface area contributed by atoms with E-state index in [1.165, 1.54) is 11.9 Å². The topological polar surface area (TPSA) is 84.4 Å². The molecule has 19 heavy (non-hydrogen) atoms. The Hall–Kier alpha value is -1.25. The lowest BCUT2D eigenvalue weighted by Gasteiger charge is -2.14. The van der Waals surface area contributed by atoms with Crippen molar-refractivity contribution >= 4 is 34.8 Å². The molecule has 0 radical (unpaired) electrons. The van der Waals surface area contributed by atoms with Crippen LogP contribution in [0.5, 0.6) is 0 Å². The Labute approximate surface area is 119 Å². The molecule has 1 aromatic rings. The Morgan fingerprint density at radius 1 is 1.47 bits per heavy atom. The van der Waals surface area contributed by atoms with Crippen LogP contribution in [0.1, 0.15) is 16.2 Å². The Bertz CT molecular complexity index is 440. The number of aromatic nitrogens is 2. The summed E-state index contributed by atoms with van der Waals surface area (Å²) < 4.78 is 5.06. The first-order chi connectivity index (χ1) is 9.04. The number of methoxy groups -OCH3 is 1. The van der Waals surface area contributed by atoms with E-state index in [0.717, 1.165) is 17.8 Å². The van der Waals surface area contributed by atoms with E-state index in [9.17, 15) is 9.59 Å². The molecule has 0 saturated heterocycles. The molecule has 0 aliphatic rings. The summed E-state index contributed by atoms with van der Waals surface area (Å²) in [5.74, 6) is -0.612. The third kappa shape index (κ3) is 5.50. The van der Waals surface area contributed by atoms with Gasteiger partial charge in [0.15, 0.2) is 0 Å². The van der Waals surface area contributed by atoms with E-state index in [2.05, 4.69) is 15.5 Å². The molecule has 0 atom stereocenters. The molecule has 0 fully saturated rings. The maximum atomic E-state index is 11.8. The van der Waals surface area contributed by atoms with Gasteiger partial charge in [0.05, 0.1) is 6.54 Å². The number of carbonyl (C=O) groups is 2. The molecule has 0 spiro atoms. The largest absolute Gasteiger partial charge is 0.385 e. The predicted molar refractivity (Wildman–Crippen MR) is 71.4 cm³/mol. The fourth-order valence-corrected chi connectivity index (χ4v) is 2.07. The molecule has 1 heterocycles. The van der Waals surface area contributed by atoms with E-state index < -0.39 is 0 Å². The molecule has 1 aromatic heterocycles. The van der Waals surface area contributed by atoms with E-state index in [-0.39, 0.29) is 27.8 Å². The lowest BCUT2D eigenvalue weighted by molar-refractivity contribution is -0.121. The van der Waals surface area contributed by atoms with Gasteiger partial charge in [-0.25, -0.2) is 0 Å². The number of carbonyl (C=O) groups excluding carboxylic acids is 2. The lowest BCUT2D eigenvalue weighted by Crippen LogP contribution is -2.38. The van der Waals surface area contributed by atoms with Gasteiger partial charge in [-0.2, -0.15) is 0 Å². The van der Waals surface area contributed by atoms with Gasteiger partial charge in [0.1, 0.15) is 0 Å². The molecule has 0 unspecified atom stereocenters. The van der Waals surface area contributed by atoms with Crippen LogP contribution in [0.25, 0.3) is 0 Å². The molecular formula is C10H15ClN4O3S. The second kappa shape index (κ2) is 8.03. The summed E-state index contributed by atoms with van der Waals surface area (Å²) in [5, 5.41) is 10.0. The van der Waals surface area contributed by atoms with Gasteiger partial charge < -0.3 is 15.0 Å². The van der Waals surface area contributed by atoms with Crippen LogP contribution in [0.2, 0.25) is 4.47 Å². The van der Waals surface area contributed by atoms with Gasteiger partial charge in [-0.1, -0.05) is 11.3 Å². The average Bonchev–Trinajstić information content (AvgIpc) is 2.80. The van der Waals surface area contributed by atoms with E-state index in [0.29, 0.717) is 13.2 Å². The highest BCUT2D eigenvalue weighted by atomic mass is 35.5. The van der Waals surface area contributed by atoms with E-state index in [1.54, 1.807) is 7.11 Å². The van der Waals surface area contributed by atoms with Gasteiger partial charge in [0, 0.05) is 27.3 Å². The molecule has 0 aromatic carbocycles. The Kier molecular flexibility index (Phi) is 6.68. The van der Waals surface area contributed by atoms with Crippen molar-refractivity contribution in [3.8, 4) is 0 Å². The highest BCUT2D eigenvalue weighted by Crippen LogP contribution is 2.15. The number of nitrogens with one attached hydrogen (secondary N) is 1. The molecule has 1 rings (SSSR count). The van der Waals surface area contributed by atoms with Crippen molar-refractivity contribution in [2.24, 2.45) is 0 Å². The summed E-state index contributed by atoms with van der Waals surface area (Å²) in [6.45, 7) is 1.06. The van der Waals surface area contributed by atoms with Crippen LogP contribution in [0.4, 0.5) is 0 Å². The van der Waals surface area contributed by atoms with Gasteiger partial charge in [0.2, 0.25) is 15.4 Å². The van der Waals surface area contributed by atoms with Crippen molar-refractivity contribution in [3.05, 3.63) is 9.47 Å². The normalized spacial score (nSPS) is 10.3. The molecule has 1 N–H and O–H groups in total.